The number of likely N-dealkylation sites (N-methyl/N-ethyl adjacent to an activating group) is 1. The first kappa shape index (κ1) is 16.8. The molecule has 2 aliphatic rings. The SMILES string of the molecule is CC.CNc1cccc2c1N(C(O)C=O)C1CCN(C)CC21. The quantitative estimate of drug-likeness (QED) is 0.835. The Kier molecular flexibility index (Phi) is 5.42. The molecule has 0 aliphatic carbocycles. The molecule has 1 aromatic rings. The van der Waals surface area contributed by atoms with E-state index in [9.17, 15) is 9.90 Å². The van der Waals surface area contributed by atoms with E-state index in [0.717, 1.165) is 30.9 Å². The first-order chi connectivity index (χ1) is 10.7. The number of aliphatic hydroxyl groups excluding tert-OH is 1. The summed E-state index contributed by atoms with van der Waals surface area (Å²) in [5.41, 5.74) is 3.19. The molecule has 5 nitrogen and oxygen atoms in total. The maximum Gasteiger partial charge on any atom is 0.184 e. The number of hydrogen-bond donors (Lipinski definition) is 2. The smallest absolute Gasteiger partial charge is 0.184 e. The monoisotopic (exact) mass is 305 g/mol. The third-order valence-corrected chi connectivity index (χ3v) is 4.54. The van der Waals surface area contributed by atoms with E-state index in [0.29, 0.717) is 12.2 Å². The molecule has 3 atom stereocenters. The van der Waals surface area contributed by atoms with Crippen LogP contribution in [-0.2, 0) is 4.79 Å². The van der Waals surface area contributed by atoms with Gasteiger partial charge in [0.1, 0.15) is 0 Å². The molecule has 0 radical (unpaired) electrons. The van der Waals surface area contributed by atoms with E-state index in [1.54, 1.807) is 0 Å². The number of benzene rings is 1. The Morgan fingerprint density at radius 1 is 1.41 bits per heavy atom. The maximum absolute atomic E-state index is 11.1. The summed E-state index contributed by atoms with van der Waals surface area (Å²) in [5.74, 6) is 0.353. The summed E-state index contributed by atoms with van der Waals surface area (Å²) in [6.07, 6.45) is 0.516. The summed E-state index contributed by atoms with van der Waals surface area (Å²) in [6, 6.07) is 6.35. The van der Waals surface area contributed by atoms with Crippen LogP contribution in [0.4, 0.5) is 11.4 Å². The summed E-state index contributed by atoms with van der Waals surface area (Å²) < 4.78 is 0. The van der Waals surface area contributed by atoms with Gasteiger partial charge in [0.2, 0.25) is 0 Å². The van der Waals surface area contributed by atoms with Crippen molar-refractivity contribution in [1.29, 1.82) is 0 Å². The molecule has 0 saturated carbocycles. The number of carbonyl (C=O) groups excluding carboxylic acids is 1. The summed E-state index contributed by atoms with van der Waals surface area (Å²) in [4.78, 5) is 15.3. The number of aliphatic hydroxyl groups is 1. The zero-order valence-electron chi connectivity index (χ0n) is 13.9. The number of hydrogen-bond acceptors (Lipinski definition) is 5. The van der Waals surface area contributed by atoms with Gasteiger partial charge in [0.05, 0.1) is 11.4 Å². The summed E-state index contributed by atoms with van der Waals surface area (Å²) in [6.45, 7) is 5.96. The van der Waals surface area contributed by atoms with Gasteiger partial charge in [-0.05, 0) is 31.6 Å². The minimum Gasteiger partial charge on any atom is -0.386 e. The number of piperidine rings is 1. The molecular weight excluding hydrogens is 278 g/mol. The second-order valence-corrected chi connectivity index (χ2v) is 5.68. The Morgan fingerprint density at radius 2 is 2.14 bits per heavy atom. The van der Waals surface area contributed by atoms with Crippen LogP contribution in [0.3, 0.4) is 0 Å². The van der Waals surface area contributed by atoms with Crippen LogP contribution in [0.5, 0.6) is 0 Å². The lowest BCUT2D eigenvalue weighted by Crippen LogP contribution is -2.49. The Balaban J connectivity index is 0.000000847. The van der Waals surface area contributed by atoms with Crippen LogP contribution < -0.4 is 10.2 Å². The number of nitrogens with one attached hydrogen (secondary N) is 1. The van der Waals surface area contributed by atoms with Crippen LogP contribution in [-0.4, -0.2) is 55.7 Å². The Hall–Kier alpha value is -1.59. The van der Waals surface area contributed by atoms with Gasteiger partial charge in [-0.25, -0.2) is 0 Å². The highest BCUT2D eigenvalue weighted by Crippen LogP contribution is 2.48. The second-order valence-electron chi connectivity index (χ2n) is 5.68. The minimum atomic E-state index is -1.07. The maximum atomic E-state index is 11.1. The van der Waals surface area contributed by atoms with Crippen molar-refractivity contribution >= 4 is 17.7 Å². The highest BCUT2D eigenvalue weighted by atomic mass is 16.3. The molecule has 2 heterocycles. The lowest BCUT2D eigenvalue weighted by atomic mass is 9.89. The van der Waals surface area contributed by atoms with Crippen molar-refractivity contribution in [1.82, 2.24) is 4.90 Å². The minimum absolute atomic E-state index is 0.205. The van der Waals surface area contributed by atoms with Crippen LogP contribution in [0, 0.1) is 0 Å². The largest absolute Gasteiger partial charge is 0.386 e. The molecule has 5 heteroatoms. The predicted molar refractivity (Wildman–Crippen MR) is 90.5 cm³/mol. The number of fused-ring (bicyclic) bond motifs is 3. The van der Waals surface area contributed by atoms with Crippen molar-refractivity contribution in [3.63, 3.8) is 0 Å². The van der Waals surface area contributed by atoms with Crippen molar-refractivity contribution in [2.24, 2.45) is 0 Å². The first-order valence-electron chi connectivity index (χ1n) is 8.08. The number of anilines is 2. The molecule has 1 aromatic carbocycles. The number of rotatable bonds is 3. The topological polar surface area (TPSA) is 55.8 Å². The first-order valence-corrected chi connectivity index (χ1v) is 8.08. The molecule has 0 bridgehead atoms. The van der Waals surface area contributed by atoms with E-state index < -0.39 is 6.23 Å². The van der Waals surface area contributed by atoms with E-state index >= 15 is 0 Å². The number of nitrogens with zero attached hydrogens (tertiary/aromatic N) is 2. The molecule has 0 spiro atoms. The average Bonchev–Trinajstić information content (AvgIpc) is 2.89. The van der Waals surface area contributed by atoms with Crippen LogP contribution in [0.1, 0.15) is 31.7 Å². The Morgan fingerprint density at radius 3 is 2.77 bits per heavy atom. The van der Waals surface area contributed by atoms with Crippen molar-refractivity contribution < 1.29 is 9.90 Å². The van der Waals surface area contributed by atoms with Gasteiger partial charge in [-0.1, -0.05) is 26.0 Å². The zero-order chi connectivity index (χ0) is 16.3. The van der Waals surface area contributed by atoms with Crippen LogP contribution in [0.25, 0.3) is 0 Å². The zero-order valence-corrected chi connectivity index (χ0v) is 13.9. The lowest BCUT2D eigenvalue weighted by molar-refractivity contribution is -0.115. The van der Waals surface area contributed by atoms with Crippen LogP contribution >= 0.6 is 0 Å². The van der Waals surface area contributed by atoms with E-state index in [1.165, 1.54) is 5.56 Å². The number of carbonyl (C=O) groups is 1. The summed E-state index contributed by atoms with van der Waals surface area (Å²) >= 11 is 0. The van der Waals surface area contributed by atoms with E-state index in [2.05, 4.69) is 23.3 Å². The molecule has 1 saturated heterocycles. The van der Waals surface area contributed by atoms with Crippen molar-refractivity contribution in [2.45, 2.75) is 38.5 Å². The summed E-state index contributed by atoms with van der Waals surface area (Å²) in [7, 11) is 3.99. The fraction of sp³-hybridized carbons (Fsp3) is 0.588. The fourth-order valence-corrected chi connectivity index (χ4v) is 3.65. The predicted octanol–water partition coefficient (Wildman–Crippen LogP) is 1.88. The van der Waals surface area contributed by atoms with Gasteiger partial charge in [0.15, 0.2) is 12.5 Å². The summed E-state index contributed by atoms with van der Waals surface area (Å²) in [5, 5.41) is 13.3. The average molecular weight is 305 g/mol. The Labute approximate surface area is 132 Å². The molecule has 1 fully saturated rings. The van der Waals surface area contributed by atoms with E-state index in [1.807, 2.05) is 37.9 Å². The number of likely N-dealkylation sites (tertiary alicyclic amines) is 1. The van der Waals surface area contributed by atoms with Gasteiger partial charge in [0.25, 0.3) is 0 Å². The van der Waals surface area contributed by atoms with Gasteiger partial charge >= 0.3 is 0 Å². The van der Waals surface area contributed by atoms with Crippen LogP contribution in [0.15, 0.2) is 18.2 Å². The molecule has 2 aliphatic heterocycles. The Bertz CT molecular complexity index is 521. The van der Waals surface area contributed by atoms with Gasteiger partial charge < -0.3 is 20.2 Å². The molecule has 22 heavy (non-hydrogen) atoms. The van der Waals surface area contributed by atoms with Gasteiger partial charge in [-0.3, -0.25) is 4.79 Å². The third kappa shape index (κ3) is 2.71. The molecule has 0 aromatic heterocycles. The number of para-hydroxylation sites is 1. The standard InChI is InChI=1S/C15H21N3O2.C2H6/c1-16-12-5-3-4-10-11-8-17(2)7-6-13(11)18(15(10)12)14(20)9-19;1-2/h3-5,9,11,13-14,16,20H,6-8H2,1-2H3;1-2H3. The van der Waals surface area contributed by atoms with E-state index in [4.69, 9.17) is 0 Å². The molecule has 2 N–H and O–H groups in total. The van der Waals surface area contributed by atoms with Crippen molar-refractivity contribution in [3.05, 3.63) is 23.8 Å². The van der Waals surface area contributed by atoms with Crippen molar-refractivity contribution in [3.8, 4) is 0 Å². The second kappa shape index (κ2) is 7.11. The van der Waals surface area contributed by atoms with Gasteiger partial charge in [-0.2, -0.15) is 0 Å². The van der Waals surface area contributed by atoms with Gasteiger partial charge in [0, 0.05) is 25.6 Å². The molecule has 0 amide bonds. The normalized spacial score (nSPS) is 24.7. The fourth-order valence-electron chi connectivity index (χ4n) is 3.65. The highest BCUT2D eigenvalue weighted by molar-refractivity contribution is 5.81. The van der Waals surface area contributed by atoms with Crippen molar-refractivity contribution in [2.75, 3.05) is 37.4 Å². The molecular formula is C17H27N3O2. The molecule has 122 valence electrons. The molecule has 3 unspecified atom stereocenters. The van der Waals surface area contributed by atoms with E-state index in [-0.39, 0.29) is 6.04 Å². The van der Waals surface area contributed by atoms with Crippen LogP contribution in [0.2, 0.25) is 0 Å². The third-order valence-electron chi connectivity index (χ3n) is 4.54. The van der Waals surface area contributed by atoms with Gasteiger partial charge in [-0.15, -0.1) is 0 Å². The number of aldehydes is 1. The highest BCUT2D eigenvalue weighted by Gasteiger charge is 2.44. The molecule has 3 rings (SSSR count). The lowest BCUT2D eigenvalue weighted by Gasteiger charge is -2.38.